The molecular formula is C24H31NO6. The molecule has 0 unspecified atom stereocenters. The molecule has 0 aliphatic rings. The number of methoxy groups -OCH3 is 2. The van der Waals surface area contributed by atoms with Gasteiger partial charge in [0.05, 0.1) is 14.2 Å². The van der Waals surface area contributed by atoms with Crippen LogP contribution in [0.25, 0.3) is 0 Å². The lowest BCUT2D eigenvalue weighted by Gasteiger charge is -2.15. The number of amides is 1. The van der Waals surface area contributed by atoms with E-state index in [2.05, 4.69) is 19.2 Å². The number of aryl methyl sites for hydroxylation is 1. The Morgan fingerprint density at radius 2 is 1.68 bits per heavy atom. The van der Waals surface area contributed by atoms with E-state index in [0.29, 0.717) is 23.2 Å². The number of hydrogen-bond acceptors (Lipinski definition) is 6. The minimum atomic E-state index is -0.943. The zero-order chi connectivity index (χ0) is 23.0. The molecule has 2 aromatic rings. The Morgan fingerprint density at radius 3 is 2.29 bits per heavy atom. The van der Waals surface area contributed by atoms with Gasteiger partial charge in [0.25, 0.3) is 5.91 Å². The van der Waals surface area contributed by atoms with Crippen molar-refractivity contribution >= 4 is 11.9 Å². The molecule has 2 rings (SSSR count). The standard InChI is InChI=1S/C24H31NO6/c1-15(2)20-9-8-19(11-16(20)3)30-14-23(26)31-17(4)24(27)25-13-18-7-10-21(28-5)22(12-18)29-6/h7-12,15,17H,13-14H2,1-6H3,(H,25,27)/t17-/m0/s1. The van der Waals surface area contributed by atoms with Crippen molar-refractivity contribution in [3.05, 3.63) is 53.1 Å². The van der Waals surface area contributed by atoms with Gasteiger partial charge in [-0.15, -0.1) is 0 Å². The van der Waals surface area contributed by atoms with Gasteiger partial charge < -0.3 is 24.3 Å². The maximum atomic E-state index is 12.3. The van der Waals surface area contributed by atoms with Gasteiger partial charge in [0.15, 0.2) is 24.2 Å². The van der Waals surface area contributed by atoms with E-state index in [9.17, 15) is 9.59 Å². The summed E-state index contributed by atoms with van der Waals surface area (Å²) in [5, 5.41) is 2.74. The second-order valence-electron chi connectivity index (χ2n) is 7.50. The zero-order valence-electron chi connectivity index (χ0n) is 19.0. The Morgan fingerprint density at radius 1 is 0.968 bits per heavy atom. The van der Waals surface area contributed by atoms with E-state index < -0.39 is 18.0 Å². The van der Waals surface area contributed by atoms with Gasteiger partial charge in [-0.05, 0) is 60.7 Å². The highest BCUT2D eigenvalue weighted by Gasteiger charge is 2.18. The maximum Gasteiger partial charge on any atom is 0.344 e. The van der Waals surface area contributed by atoms with Crippen LogP contribution in [0.4, 0.5) is 0 Å². The normalized spacial score (nSPS) is 11.6. The average Bonchev–Trinajstić information content (AvgIpc) is 2.75. The Hall–Kier alpha value is -3.22. The van der Waals surface area contributed by atoms with Crippen molar-refractivity contribution < 1.29 is 28.5 Å². The van der Waals surface area contributed by atoms with Crippen LogP contribution >= 0.6 is 0 Å². The second-order valence-corrected chi connectivity index (χ2v) is 7.50. The number of nitrogens with one attached hydrogen (secondary N) is 1. The van der Waals surface area contributed by atoms with Crippen molar-refractivity contribution in [1.29, 1.82) is 0 Å². The predicted molar refractivity (Wildman–Crippen MR) is 118 cm³/mol. The first-order chi connectivity index (χ1) is 14.7. The summed E-state index contributed by atoms with van der Waals surface area (Å²) in [6, 6.07) is 11.1. The van der Waals surface area contributed by atoms with Crippen LogP contribution in [-0.4, -0.2) is 38.8 Å². The predicted octanol–water partition coefficient (Wildman–Crippen LogP) is 3.76. The Kier molecular flexibility index (Phi) is 8.73. The van der Waals surface area contributed by atoms with Gasteiger partial charge in [0, 0.05) is 6.54 Å². The summed E-state index contributed by atoms with van der Waals surface area (Å²) in [7, 11) is 3.10. The third-order valence-electron chi connectivity index (χ3n) is 4.81. The average molecular weight is 430 g/mol. The molecule has 31 heavy (non-hydrogen) atoms. The van der Waals surface area contributed by atoms with Crippen LogP contribution < -0.4 is 19.5 Å². The molecule has 7 nitrogen and oxygen atoms in total. The molecule has 0 saturated carbocycles. The van der Waals surface area contributed by atoms with Crippen LogP contribution in [0.3, 0.4) is 0 Å². The van der Waals surface area contributed by atoms with Gasteiger partial charge in [-0.1, -0.05) is 26.0 Å². The molecule has 0 aliphatic heterocycles. The molecule has 7 heteroatoms. The van der Waals surface area contributed by atoms with Crippen molar-refractivity contribution in [3.8, 4) is 17.2 Å². The van der Waals surface area contributed by atoms with Crippen LogP contribution in [0, 0.1) is 6.92 Å². The summed E-state index contributed by atoms with van der Waals surface area (Å²) < 4.78 is 21.1. The smallest absolute Gasteiger partial charge is 0.344 e. The van der Waals surface area contributed by atoms with E-state index in [-0.39, 0.29) is 13.2 Å². The minimum Gasteiger partial charge on any atom is -0.493 e. The monoisotopic (exact) mass is 429 g/mol. The number of esters is 1. The Balaban J connectivity index is 1.81. The lowest BCUT2D eigenvalue weighted by Crippen LogP contribution is -2.36. The van der Waals surface area contributed by atoms with E-state index in [4.69, 9.17) is 18.9 Å². The third kappa shape index (κ3) is 6.91. The topological polar surface area (TPSA) is 83.1 Å². The SMILES string of the molecule is COc1ccc(CNC(=O)[C@H](C)OC(=O)COc2ccc(C(C)C)c(C)c2)cc1OC. The summed E-state index contributed by atoms with van der Waals surface area (Å²) in [6.45, 7) is 7.76. The fourth-order valence-corrected chi connectivity index (χ4v) is 3.14. The minimum absolute atomic E-state index is 0.263. The molecule has 0 bridgehead atoms. The molecule has 0 aliphatic carbocycles. The molecule has 0 fully saturated rings. The zero-order valence-corrected chi connectivity index (χ0v) is 19.0. The van der Waals surface area contributed by atoms with Crippen LogP contribution in [0.5, 0.6) is 17.2 Å². The van der Waals surface area contributed by atoms with Gasteiger partial charge >= 0.3 is 5.97 Å². The van der Waals surface area contributed by atoms with Gasteiger partial charge in [0.1, 0.15) is 5.75 Å². The van der Waals surface area contributed by atoms with Crippen molar-refractivity contribution in [3.63, 3.8) is 0 Å². The summed E-state index contributed by atoms with van der Waals surface area (Å²) in [5.74, 6) is 1.16. The first-order valence-corrected chi connectivity index (χ1v) is 10.2. The molecule has 1 N–H and O–H groups in total. The molecule has 0 radical (unpaired) electrons. The first-order valence-electron chi connectivity index (χ1n) is 10.2. The molecule has 1 amide bonds. The molecule has 0 heterocycles. The van der Waals surface area contributed by atoms with Crippen molar-refractivity contribution in [2.45, 2.75) is 46.3 Å². The summed E-state index contributed by atoms with van der Waals surface area (Å²) in [4.78, 5) is 24.3. The lowest BCUT2D eigenvalue weighted by molar-refractivity contribution is -0.156. The number of hydrogen-bond donors (Lipinski definition) is 1. The maximum absolute atomic E-state index is 12.3. The molecular weight excluding hydrogens is 398 g/mol. The van der Waals surface area contributed by atoms with Crippen LogP contribution in [0.2, 0.25) is 0 Å². The fraction of sp³-hybridized carbons (Fsp3) is 0.417. The van der Waals surface area contributed by atoms with Crippen molar-refractivity contribution in [1.82, 2.24) is 5.32 Å². The third-order valence-corrected chi connectivity index (χ3v) is 4.81. The molecule has 2 aromatic carbocycles. The second kappa shape index (κ2) is 11.2. The highest BCUT2D eigenvalue weighted by Crippen LogP contribution is 2.27. The molecule has 168 valence electrons. The largest absolute Gasteiger partial charge is 0.493 e. The van der Waals surface area contributed by atoms with Gasteiger partial charge in [-0.2, -0.15) is 0 Å². The van der Waals surface area contributed by atoms with Crippen LogP contribution in [0.15, 0.2) is 36.4 Å². The Labute approximate surface area is 183 Å². The summed E-state index contributed by atoms with van der Waals surface area (Å²) >= 11 is 0. The quantitative estimate of drug-likeness (QED) is 0.579. The number of carbonyl (C=O) groups is 2. The van der Waals surface area contributed by atoms with Crippen LogP contribution in [-0.2, 0) is 20.9 Å². The number of carbonyl (C=O) groups excluding carboxylic acids is 2. The number of rotatable bonds is 10. The van der Waals surface area contributed by atoms with Crippen molar-refractivity contribution in [2.75, 3.05) is 20.8 Å². The molecule has 1 atom stereocenters. The highest BCUT2D eigenvalue weighted by molar-refractivity contribution is 5.83. The first kappa shape index (κ1) is 24.1. The van der Waals surface area contributed by atoms with E-state index >= 15 is 0 Å². The Bertz CT molecular complexity index is 909. The summed E-state index contributed by atoms with van der Waals surface area (Å²) in [5.41, 5.74) is 3.16. The fourth-order valence-electron chi connectivity index (χ4n) is 3.14. The van der Waals surface area contributed by atoms with Gasteiger partial charge in [-0.3, -0.25) is 4.79 Å². The highest BCUT2D eigenvalue weighted by atomic mass is 16.6. The molecule has 0 saturated heterocycles. The van der Waals surface area contributed by atoms with Gasteiger partial charge in [0.2, 0.25) is 0 Å². The number of benzene rings is 2. The molecule has 0 spiro atoms. The van der Waals surface area contributed by atoms with E-state index in [1.807, 2.05) is 31.2 Å². The molecule has 0 aromatic heterocycles. The van der Waals surface area contributed by atoms with E-state index in [1.54, 1.807) is 26.4 Å². The van der Waals surface area contributed by atoms with Crippen LogP contribution in [0.1, 0.15) is 43.4 Å². The van der Waals surface area contributed by atoms with E-state index in [0.717, 1.165) is 11.1 Å². The van der Waals surface area contributed by atoms with Crippen molar-refractivity contribution in [2.24, 2.45) is 0 Å². The van der Waals surface area contributed by atoms with E-state index in [1.165, 1.54) is 12.5 Å². The summed E-state index contributed by atoms with van der Waals surface area (Å²) in [6.07, 6.45) is -0.943. The lowest BCUT2D eigenvalue weighted by atomic mass is 9.98. The number of ether oxygens (including phenoxy) is 4. The van der Waals surface area contributed by atoms with Gasteiger partial charge in [-0.25, -0.2) is 4.79 Å².